The number of hydrogen-bond acceptors (Lipinski definition) is 4. The normalized spacial score (nSPS) is 15.6. The topological polar surface area (TPSA) is 50.5 Å². The molecule has 0 saturated carbocycles. The monoisotopic (exact) mass is 249 g/mol. The number of rotatable bonds is 6. The lowest BCUT2D eigenvalue weighted by Crippen LogP contribution is -2.42. The summed E-state index contributed by atoms with van der Waals surface area (Å²) in [6.07, 6.45) is 3.14. The molecule has 0 saturated heterocycles. The van der Waals surface area contributed by atoms with Crippen LogP contribution in [0.15, 0.2) is 18.2 Å². The predicted molar refractivity (Wildman–Crippen MR) is 73.6 cm³/mol. The molecule has 0 bridgehead atoms. The molecule has 0 aliphatic carbocycles. The molecule has 0 aromatic heterocycles. The van der Waals surface area contributed by atoms with Crippen LogP contribution in [0, 0.1) is 0 Å². The van der Waals surface area contributed by atoms with Crippen LogP contribution in [0.5, 0.6) is 5.75 Å². The van der Waals surface area contributed by atoms with E-state index >= 15 is 0 Å². The molecule has 3 N–H and O–H groups in total. The second kappa shape index (κ2) is 6.18. The Balaban J connectivity index is 1.89. The molecule has 2 rings (SSSR count). The fourth-order valence-electron chi connectivity index (χ4n) is 2.40. The molecule has 0 amide bonds. The van der Waals surface area contributed by atoms with Crippen molar-refractivity contribution in [2.75, 3.05) is 27.2 Å². The van der Waals surface area contributed by atoms with Gasteiger partial charge in [0.25, 0.3) is 0 Å². The highest BCUT2D eigenvalue weighted by atomic mass is 16.5. The van der Waals surface area contributed by atoms with E-state index in [0.717, 1.165) is 38.2 Å². The van der Waals surface area contributed by atoms with Crippen molar-refractivity contribution in [2.24, 2.45) is 5.84 Å². The highest BCUT2D eigenvalue weighted by molar-refractivity contribution is 5.39. The van der Waals surface area contributed by atoms with Gasteiger partial charge in [-0.1, -0.05) is 12.1 Å². The Morgan fingerprint density at radius 1 is 1.44 bits per heavy atom. The van der Waals surface area contributed by atoms with Crippen molar-refractivity contribution in [3.8, 4) is 5.75 Å². The van der Waals surface area contributed by atoms with Crippen molar-refractivity contribution in [2.45, 2.75) is 25.3 Å². The average molecular weight is 249 g/mol. The minimum Gasteiger partial charge on any atom is -0.493 e. The summed E-state index contributed by atoms with van der Waals surface area (Å²) in [4.78, 5) is 2.15. The van der Waals surface area contributed by atoms with Crippen molar-refractivity contribution in [1.29, 1.82) is 0 Å². The lowest BCUT2D eigenvalue weighted by atomic mass is 10.0. The van der Waals surface area contributed by atoms with Crippen LogP contribution in [0.2, 0.25) is 0 Å². The van der Waals surface area contributed by atoms with E-state index in [9.17, 15) is 0 Å². The first-order valence-electron chi connectivity index (χ1n) is 6.54. The minimum absolute atomic E-state index is 0.338. The van der Waals surface area contributed by atoms with Crippen LogP contribution < -0.4 is 16.0 Å². The third kappa shape index (κ3) is 3.45. The Kier molecular flexibility index (Phi) is 4.58. The van der Waals surface area contributed by atoms with Crippen molar-refractivity contribution in [3.63, 3.8) is 0 Å². The summed E-state index contributed by atoms with van der Waals surface area (Å²) < 4.78 is 5.51. The van der Waals surface area contributed by atoms with Gasteiger partial charge in [-0.2, -0.15) is 0 Å². The van der Waals surface area contributed by atoms with Crippen LogP contribution in [-0.2, 0) is 12.8 Å². The van der Waals surface area contributed by atoms with E-state index < -0.39 is 0 Å². The molecule has 0 radical (unpaired) electrons. The van der Waals surface area contributed by atoms with Gasteiger partial charge in [0.2, 0.25) is 0 Å². The maximum atomic E-state index is 5.58. The summed E-state index contributed by atoms with van der Waals surface area (Å²) in [7, 11) is 4.13. The van der Waals surface area contributed by atoms with Crippen LogP contribution >= 0.6 is 0 Å². The van der Waals surface area contributed by atoms with Gasteiger partial charge in [-0.25, -0.2) is 0 Å². The number of hydrazine groups is 1. The Morgan fingerprint density at radius 3 is 3.00 bits per heavy atom. The fourth-order valence-corrected chi connectivity index (χ4v) is 2.40. The second-order valence-corrected chi connectivity index (χ2v) is 5.21. The number of ether oxygens (including phenoxy) is 1. The highest BCUT2D eigenvalue weighted by Gasteiger charge is 2.13. The van der Waals surface area contributed by atoms with Crippen molar-refractivity contribution in [3.05, 3.63) is 29.3 Å². The zero-order chi connectivity index (χ0) is 13.0. The fraction of sp³-hybridized carbons (Fsp3) is 0.571. The molecular formula is C14H23N3O. The van der Waals surface area contributed by atoms with E-state index in [-0.39, 0.29) is 0 Å². The van der Waals surface area contributed by atoms with Gasteiger partial charge in [0.15, 0.2) is 0 Å². The van der Waals surface area contributed by atoms with Crippen LogP contribution in [0.1, 0.15) is 17.5 Å². The van der Waals surface area contributed by atoms with Crippen LogP contribution in [0.3, 0.4) is 0 Å². The van der Waals surface area contributed by atoms with E-state index in [0.29, 0.717) is 6.04 Å². The molecule has 0 fully saturated rings. The highest BCUT2D eigenvalue weighted by Crippen LogP contribution is 2.26. The van der Waals surface area contributed by atoms with E-state index in [4.69, 9.17) is 10.6 Å². The van der Waals surface area contributed by atoms with Gasteiger partial charge in [-0.15, -0.1) is 0 Å². The number of hydrogen-bond donors (Lipinski definition) is 2. The van der Waals surface area contributed by atoms with Gasteiger partial charge in [0, 0.05) is 19.0 Å². The molecule has 4 nitrogen and oxygen atoms in total. The maximum absolute atomic E-state index is 5.58. The predicted octanol–water partition coefficient (Wildman–Crippen LogP) is 0.948. The number of fused-ring (bicyclic) bond motifs is 1. The lowest BCUT2D eigenvalue weighted by Gasteiger charge is -2.20. The summed E-state index contributed by atoms with van der Waals surface area (Å²) in [5, 5.41) is 0. The number of benzene rings is 1. The quantitative estimate of drug-likeness (QED) is 0.582. The molecule has 1 aromatic carbocycles. The lowest BCUT2D eigenvalue weighted by molar-refractivity contribution is 0.329. The summed E-state index contributed by atoms with van der Waals surface area (Å²) in [5.41, 5.74) is 5.61. The number of aryl methyl sites for hydroxylation is 1. The summed E-state index contributed by atoms with van der Waals surface area (Å²) in [6.45, 7) is 1.79. The Bertz CT molecular complexity index is 393. The van der Waals surface area contributed by atoms with Crippen molar-refractivity contribution < 1.29 is 4.74 Å². The molecule has 0 spiro atoms. The third-order valence-corrected chi connectivity index (χ3v) is 3.36. The SMILES string of the molecule is CN(C)CC(CCc1ccc2c(c1)CCO2)NN. The van der Waals surface area contributed by atoms with Crippen LogP contribution in [0.4, 0.5) is 0 Å². The molecule has 1 aliphatic heterocycles. The Hall–Kier alpha value is -1.10. The maximum Gasteiger partial charge on any atom is 0.122 e. The van der Waals surface area contributed by atoms with Crippen molar-refractivity contribution >= 4 is 0 Å². The first kappa shape index (κ1) is 13.3. The standard InChI is InChI=1S/C14H23N3O/c1-17(2)10-13(16-15)5-3-11-4-6-14-12(9-11)7-8-18-14/h4,6,9,13,16H,3,5,7-8,10,15H2,1-2H3. The molecule has 1 aromatic rings. The molecule has 18 heavy (non-hydrogen) atoms. The minimum atomic E-state index is 0.338. The number of nitrogens with two attached hydrogens (primary N) is 1. The van der Waals surface area contributed by atoms with Crippen LogP contribution in [-0.4, -0.2) is 38.2 Å². The first-order chi connectivity index (χ1) is 8.69. The Labute approximate surface area is 109 Å². The van der Waals surface area contributed by atoms with Gasteiger partial charge in [-0.3, -0.25) is 11.3 Å². The average Bonchev–Trinajstić information content (AvgIpc) is 2.81. The molecular weight excluding hydrogens is 226 g/mol. The van der Waals surface area contributed by atoms with Gasteiger partial charge < -0.3 is 9.64 Å². The van der Waals surface area contributed by atoms with E-state index in [1.807, 2.05) is 0 Å². The second-order valence-electron chi connectivity index (χ2n) is 5.21. The summed E-state index contributed by atoms with van der Waals surface area (Å²) in [5.74, 6) is 6.63. The van der Waals surface area contributed by atoms with Gasteiger partial charge in [-0.05, 0) is 44.1 Å². The van der Waals surface area contributed by atoms with Crippen molar-refractivity contribution in [1.82, 2.24) is 10.3 Å². The molecule has 1 heterocycles. The molecule has 100 valence electrons. The molecule has 1 aliphatic rings. The summed E-state index contributed by atoms with van der Waals surface area (Å²) >= 11 is 0. The molecule has 1 unspecified atom stereocenters. The van der Waals surface area contributed by atoms with E-state index in [2.05, 4.69) is 42.6 Å². The zero-order valence-electron chi connectivity index (χ0n) is 11.3. The van der Waals surface area contributed by atoms with Gasteiger partial charge >= 0.3 is 0 Å². The largest absolute Gasteiger partial charge is 0.493 e. The molecule has 1 atom stereocenters. The Morgan fingerprint density at radius 2 is 2.28 bits per heavy atom. The van der Waals surface area contributed by atoms with E-state index in [1.165, 1.54) is 11.1 Å². The van der Waals surface area contributed by atoms with E-state index in [1.54, 1.807) is 0 Å². The smallest absolute Gasteiger partial charge is 0.122 e. The number of nitrogens with zero attached hydrogens (tertiary/aromatic N) is 1. The van der Waals surface area contributed by atoms with Gasteiger partial charge in [0.1, 0.15) is 5.75 Å². The zero-order valence-corrected chi connectivity index (χ0v) is 11.3. The number of likely N-dealkylation sites (N-methyl/N-ethyl adjacent to an activating group) is 1. The first-order valence-corrected chi connectivity index (χ1v) is 6.54. The number of nitrogens with one attached hydrogen (secondary N) is 1. The van der Waals surface area contributed by atoms with Gasteiger partial charge in [0.05, 0.1) is 6.61 Å². The molecule has 4 heteroatoms. The third-order valence-electron chi connectivity index (χ3n) is 3.36. The summed E-state index contributed by atoms with van der Waals surface area (Å²) in [6, 6.07) is 6.86. The van der Waals surface area contributed by atoms with Crippen LogP contribution in [0.25, 0.3) is 0 Å².